The van der Waals surface area contributed by atoms with E-state index in [9.17, 15) is 9.59 Å². The Labute approximate surface area is 124 Å². The van der Waals surface area contributed by atoms with Gasteiger partial charge in [-0.1, -0.05) is 26.0 Å². The van der Waals surface area contributed by atoms with Crippen molar-refractivity contribution in [3.8, 4) is 5.75 Å². The Morgan fingerprint density at radius 1 is 1.10 bits per heavy atom. The Balaban J connectivity index is 2.07. The number of carbonyl (C=O) groups excluding carboxylic acids is 2. The summed E-state index contributed by atoms with van der Waals surface area (Å²) in [5.74, 6) is 0.507. The van der Waals surface area contributed by atoms with Gasteiger partial charge in [0.05, 0.1) is 5.56 Å². The minimum Gasteiger partial charge on any atom is -0.423 e. The minimum absolute atomic E-state index is 0.399. The predicted molar refractivity (Wildman–Crippen MR) is 81.9 cm³/mol. The summed E-state index contributed by atoms with van der Waals surface area (Å²) < 4.78 is 5.27. The Bertz CT molecular complexity index is 612. The van der Waals surface area contributed by atoms with E-state index in [1.807, 2.05) is 12.1 Å². The summed E-state index contributed by atoms with van der Waals surface area (Å²) in [6.07, 6.45) is 1.81. The molecular weight excluding hydrogens is 264 g/mol. The second-order valence-electron chi connectivity index (χ2n) is 5.01. The van der Waals surface area contributed by atoms with Crippen LogP contribution >= 0.6 is 0 Å². The van der Waals surface area contributed by atoms with Crippen LogP contribution in [0.15, 0.2) is 48.5 Å². The van der Waals surface area contributed by atoms with Gasteiger partial charge in [0.2, 0.25) is 0 Å². The summed E-state index contributed by atoms with van der Waals surface area (Å²) >= 11 is 0. The van der Waals surface area contributed by atoms with Crippen LogP contribution in [0.3, 0.4) is 0 Å². The Kier molecular flexibility index (Phi) is 4.88. The van der Waals surface area contributed by atoms with Crippen molar-refractivity contribution in [2.24, 2.45) is 0 Å². The van der Waals surface area contributed by atoms with Crippen molar-refractivity contribution in [3.63, 3.8) is 0 Å². The normalized spacial score (nSPS) is 11.7. The Morgan fingerprint density at radius 3 is 2.24 bits per heavy atom. The molecule has 0 aliphatic heterocycles. The van der Waals surface area contributed by atoms with Gasteiger partial charge in [-0.25, -0.2) is 4.79 Å². The molecule has 0 saturated heterocycles. The SMILES string of the molecule is CCC(C)c1ccc(C(=O)Oc2ccc(C=O)cc2)cc1. The van der Waals surface area contributed by atoms with Gasteiger partial charge in [-0.3, -0.25) is 4.79 Å². The average molecular weight is 282 g/mol. The smallest absolute Gasteiger partial charge is 0.343 e. The van der Waals surface area contributed by atoms with Crippen LogP contribution in [-0.2, 0) is 0 Å². The van der Waals surface area contributed by atoms with Gasteiger partial charge in [0.25, 0.3) is 0 Å². The number of rotatable bonds is 5. The molecule has 3 nitrogen and oxygen atoms in total. The van der Waals surface area contributed by atoms with Crippen LogP contribution in [0.2, 0.25) is 0 Å². The largest absolute Gasteiger partial charge is 0.423 e. The maximum Gasteiger partial charge on any atom is 0.343 e. The van der Waals surface area contributed by atoms with Crippen molar-refractivity contribution < 1.29 is 14.3 Å². The van der Waals surface area contributed by atoms with E-state index in [1.165, 1.54) is 5.56 Å². The highest BCUT2D eigenvalue weighted by molar-refractivity contribution is 5.91. The van der Waals surface area contributed by atoms with E-state index < -0.39 is 5.97 Å². The first-order valence-electron chi connectivity index (χ1n) is 7.01. The molecule has 0 fully saturated rings. The van der Waals surface area contributed by atoms with E-state index in [2.05, 4.69) is 13.8 Å². The highest BCUT2D eigenvalue weighted by Gasteiger charge is 2.10. The molecule has 2 aromatic rings. The van der Waals surface area contributed by atoms with Gasteiger partial charge in [0.1, 0.15) is 12.0 Å². The van der Waals surface area contributed by atoms with Crippen molar-refractivity contribution in [1.82, 2.24) is 0 Å². The molecule has 108 valence electrons. The number of carbonyl (C=O) groups is 2. The topological polar surface area (TPSA) is 43.4 Å². The second-order valence-corrected chi connectivity index (χ2v) is 5.01. The van der Waals surface area contributed by atoms with Crippen LogP contribution < -0.4 is 4.74 Å². The number of hydrogen-bond donors (Lipinski definition) is 0. The molecular formula is C18H18O3. The molecule has 0 aliphatic carbocycles. The van der Waals surface area contributed by atoms with Gasteiger partial charge in [0, 0.05) is 5.56 Å². The summed E-state index contributed by atoms with van der Waals surface area (Å²) in [6.45, 7) is 4.29. The van der Waals surface area contributed by atoms with Gasteiger partial charge < -0.3 is 4.74 Å². The summed E-state index contributed by atoms with van der Waals surface area (Å²) in [4.78, 5) is 22.6. The van der Waals surface area contributed by atoms with Crippen molar-refractivity contribution in [2.75, 3.05) is 0 Å². The van der Waals surface area contributed by atoms with Gasteiger partial charge in [-0.15, -0.1) is 0 Å². The van der Waals surface area contributed by atoms with Crippen LogP contribution in [0.25, 0.3) is 0 Å². The monoisotopic (exact) mass is 282 g/mol. The number of hydrogen-bond acceptors (Lipinski definition) is 3. The Hall–Kier alpha value is -2.42. The molecule has 0 amide bonds. The molecule has 0 spiro atoms. The van der Waals surface area contributed by atoms with Gasteiger partial charge in [0.15, 0.2) is 0 Å². The molecule has 21 heavy (non-hydrogen) atoms. The zero-order chi connectivity index (χ0) is 15.2. The second kappa shape index (κ2) is 6.84. The molecule has 1 unspecified atom stereocenters. The molecule has 0 radical (unpaired) electrons. The molecule has 0 saturated carbocycles. The molecule has 3 heteroatoms. The first kappa shape index (κ1) is 15.0. The van der Waals surface area contributed by atoms with Crippen molar-refractivity contribution >= 4 is 12.3 Å². The standard InChI is InChI=1S/C18H18O3/c1-3-13(2)15-6-8-16(9-7-15)18(20)21-17-10-4-14(12-19)5-11-17/h4-13H,3H2,1-2H3. The lowest BCUT2D eigenvalue weighted by Crippen LogP contribution is -2.08. The summed E-state index contributed by atoms with van der Waals surface area (Å²) in [5, 5.41) is 0. The lowest BCUT2D eigenvalue weighted by Gasteiger charge is -2.09. The number of ether oxygens (including phenoxy) is 1. The van der Waals surface area contributed by atoms with Gasteiger partial charge >= 0.3 is 5.97 Å². The molecule has 1 atom stereocenters. The van der Waals surface area contributed by atoms with Crippen LogP contribution in [0.5, 0.6) is 5.75 Å². The van der Waals surface area contributed by atoms with E-state index in [0.29, 0.717) is 22.8 Å². The molecule has 2 aromatic carbocycles. The molecule has 0 aliphatic rings. The Morgan fingerprint density at radius 2 is 1.71 bits per heavy atom. The lowest BCUT2D eigenvalue weighted by molar-refractivity contribution is 0.0734. The van der Waals surface area contributed by atoms with Gasteiger partial charge in [-0.2, -0.15) is 0 Å². The van der Waals surface area contributed by atoms with E-state index in [4.69, 9.17) is 4.74 Å². The quantitative estimate of drug-likeness (QED) is 0.468. The molecule has 0 aromatic heterocycles. The third kappa shape index (κ3) is 3.78. The van der Waals surface area contributed by atoms with Crippen LogP contribution in [0.1, 0.15) is 52.5 Å². The summed E-state index contributed by atoms with van der Waals surface area (Å²) in [7, 11) is 0. The third-order valence-corrected chi connectivity index (χ3v) is 3.55. The highest BCUT2D eigenvalue weighted by atomic mass is 16.5. The highest BCUT2D eigenvalue weighted by Crippen LogP contribution is 2.20. The predicted octanol–water partition coefficient (Wildman–Crippen LogP) is 4.23. The third-order valence-electron chi connectivity index (χ3n) is 3.55. The maximum atomic E-state index is 12.0. The van der Waals surface area contributed by atoms with Crippen molar-refractivity contribution in [2.45, 2.75) is 26.2 Å². The summed E-state index contributed by atoms with van der Waals surface area (Å²) in [6, 6.07) is 13.9. The molecule has 2 rings (SSSR count). The first-order chi connectivity index (χ1) is 10.1. The molecule has 0 bridgehead atoms. The zero-order valence-corrected chi connectivity index (χ0v) is 12.2. The zero-order valence-electron chi connectivity index (χ0n) is 12.2. The van der Waals surface area contributed by atoms with Gasteiger partial charge in [-0.05, 0) is 54.3 Å². The van der Waals surface area contributed by atoms with Crippen molar-refractivity contribution in [3.05, 3.63) is 65.2 Å². The summed E-state index contributed by atoms with van der Waals surface area (Å²) in [5.41, 5.74) is 2.28. The van der Waals surface area contributed by atoms with E-state index in [1.54, 1.807) is 36.4 Å². The molecule has 0 heterocycles. The maximum absolute atomic E-state index is 12.0. The number of benzene rings is 2. The number of aldehydes is 1. The van der Waals surface area contributed by atoms with E-state index in [0.717, 1.165) is 12.7 Å². The minimum atomic E-state index is -0.399. The molecule has 0 N–H and O–H groups in total. The van der Waals surface area contributed by atoms with E-state index >= 15 is 0 Å². The fourth-order valence-corrected chi connectivity index (χ4v) is 1.96. The van der Waals surface area contributed by atoms with Crippen LogP contribution in [0.4, 0.5) is 0 Å². The average Bonchev–Trinajstić information content (AvgIpc) is 2.55. The first-order valence-corrected chi connectivity index (χ1v) is 7.01. The fraction of sp³-hybridized carbons (Fsp3) is 0.222. The van der Waals surface area contributed by atoms with Crippen molar-refractivity contribution in [1.29, 1.82) is 0 Å². The van der Waals surface area contributed by atoms with E-state index in [-0.39, 0.29) is 0 Å². The number of esters is 1. The van der Waals surface area contributed by atoms with Crippen LogP contribution in [-0.4, -0.2) is 12.3 Å². The fourth-order valence-electron chi connectivity index (χ4n) is 1.96. The lowest BCUT2D eigenvalue weighted by atomic mass is 9.98. The van der Waals surface area contributed by atoms with Crippen LogP contribution in [0, 0.1) is 0 Å².